The summed E-state index contributed by atoms with van der Waals surface area (Å²) in [6, 6.07) is 7.67. The lowest BCUT2D eigenvalue weighted by Crippen LogP contribution is -2.27. The highest BCUT2D eigenvalue weighted by atomic mass is 35.5. The minimum absolute atomic E-state index is 0.341. The van der Waals surface area contributed by atoms with Crippen LogP contribution in [0.3, 0.4) is 0 Å². The van der Waals surface area contributed by atoms with Crippen molar-refractivity contribution in [1.29, 1.82) is 5.26 Å². The summed E-state index contributed by atoms with van der Waals surface area (Å²) in [6.07, 6.45) is 1.15. The van der Waals surface area contributed by atoms with Crippen molar-refractivity contribution in [1.82, 2.24) is 0 Å². The third-order valence-corrected chi connectivity index (χ3v) is 4.93. The van der Waals surface area contributed by atoms with Crippen molar-refractivity contribution in [3.05, 3.63) is 28.8 Å². The van der Waals surface area contributed by atoms with Gasteiger partial charge in [0.1, 0.15) is 0 Å². The predicted molar refractivity (Wildman–Crippen MR) is 79.5 cm³/mol. The van der Waals surface area contributed by atoms with Crippen molar-refractivity contribution < 1.29 is 0 Å². The van der Waals surface area contributed by atoms with Crippen LogP contribution in [-0.4, -0.2) is 23.6 Å². The quantitative estimate of drug-likeness (QED) is 0.780. The Hall–Kier alpha value is -0.850. The van der Waals surface area contributed by atoms with Crippen LogP contribution < -0.4 is 4.90 Å². The van der Waals surface area contributed by atoms with Crippen LogP contribution in [-0.2, 0) is 0 Å². The Morgan fingerprint density at radius 1 is 1.39 bits per heavy atom. The molecule has 0 saturated carbocycles. The summed E-state index contributed by atoms with van der Waals surface area (Å²) in [7, 11) is 0. The van der Waals surface area contributed by atoms with Crippen LogP contribution in [0.25, 0.3) is 0 Å². The van der Waals surface area contributed by atoms with E-state index >= 15 is 0 Å². The Morgan fingerprint density at radius 2 is 2.17 bits per heavy atom. The molecule has 0 amide bonds. The number of hydrogen-bond acceptors (Lipinski definition) is 3. The van der Waals surface area contributed by atoms with Crippen LogP contribution in [0.4, 0.5) is 5.69 Å². The van der Waals surface area contributed by atoms with Gasteiger partial charge < -0.3 is 4.90 Å². The molecule has 1 aliphatic heterocycles. The molecule has 0 radical (unpaired) electrons. The highest BCUT2D eigenvalue weighted by Gasteiger charge is 2.24. The second-order valence-electron chi connectivity index (χ2n) is 5.12. The summed E-state index contributed by atoms with van der Waals surface area (Å²) in [5.41, 5.74) is 1.67. The highest BCUT2D eigenvalue weighted by molar-refractivity contribution is 8.00. The average Bonchev–Trinajstić information content (AvgIpc) is 2.50. The van der Waals surface area contributed by atoms with Crippen LogP contribution in [0.2, 0.25) is 5.02 Å². The zero-order valence-electron chi connectivity index (χ0n) is 10.7. The summed E-state index contributed by atoms with van der Waals surface area (Å²) in [5, 5.41) is 9.53. The fourth-order valence-corrected chi connectivity index (χ4v) is 3.49. The summed E-state index contributed by atoms with van der Waals surface area (Å²) in [4.78, 5) is 2.32. The van der Waals surface area contributed by atoms with E-state index in [1.54, 1.807) is 6.07 Å². The molecule has 0 aromatic heterocycles. The summed E-state index contributed by atoms with van der Waals surface area (Å²) >= 11 is 8.28. The molecule has 1 heterocycles. The number of benzene rings is 1. The lowest BCUT2D eigenvalue weighted by atomic mass is 10.1. The topological polar surface area (TPSA) is 27.0 Å². The molecule has 2 rings (SSSR count). The second kappa shape index (κ2) is 5.42. The SMILES string of the molecule is CC1(C)CCN(c2ccc(C#N)cc2Cl)CCS1. The molecule has 4 heteroatoms. The number of halogens is 1. The normalized spacial score (nSPS) is 19.1. The summed E-state index contributed by atoms with van der Waals surface area (Å²) < 4.78 is 0.341. The van der Waals surface area contributed by atoms with Gasteiger partial charge in [0.05, 0.1) is 22.3 Å². The zero-order chi connectivity index (χ0) is 13.2. The Morgan fingerprint density at radius 3 is 2.83 bits per heavy atom. The number of hydrogen-bond donors (Lipinski definition) is 0. The third-order valence-electron chi connectivity index (χ3n) is 3.26. The molecule has 1 fully saturated rings. The summed E-state index contributed by atoms with van der Waals surface area (Å²) in [6.45, 7) is 6.62. The van der Waals surface area contributed by atoms with Crippen LogP contribution in [0.15, 0.2) is 18.2 Å². The van der Waals surface area contributed by atoms with Crippen LogP contribution in [0.1, 0.15) is 25.8 Å². The maximum Gasteiger partial charge on any atom is 0.0992 e. The molecule has 0 unspecified atom stereocenters. The molecule has 1 aliphatic rings. The van der Waals surface area contributed by atoms with Gasteiger partial charge in [-0.25, -0.2) is 0 Å². The van der Waals surface area contributed by atoms with Gasteiger partial charge in [-0.15, -0.1) is 0 Å². The average molecular weight is 281 g/mol. The molecule has 0 atom stereocenters. The maximum absolute atomic E-state index is 8.85. The number of nitriles is 1. The second-order valence-corrected chi connectivity index (χ2v) is 7.33. The minimum Gasteiger partial charge on any atom is -0.369 e. The molecule has 1 saturated heterocycles. The third kappa shape index (κ3) is 3.13. The minimum atomic E-state index is 0.341. The van der Waals surface area contributed by atoms with Crippen LogP contribution in [0, 0.1) is 11.3 Å². The lowest BCUT2D eigenvalue weighted by molar-refractivity contribution is 0.638. The van der Waals surface area contributed by atoms with E-state index in [1.807, 2.05) is 23.9 Å². The standard InChI is InChI=1S/C14H17ClN2S/c1-14(2)5-6-17(7-8-18-14)13-4-3-11(10-16)9-12(13)15/h3-4,9H,5-8H2,1-2H3. The van der Waals surface area contributed by atoms with E-state index in [1.165, 1.54) is 0 Å². The molecular formula is C14H17ClN2S. The Bertz CT molecular complexity index is 479. The van der Waals surface area contributed by atoms with Gasteiger partial charge in [0.15, 0.2) is 0 Å². The molecule has 1 aromatic rings. The van der Waals surface area contributed by atoms with Crippen molar-refractivity contribution in [2.45, 2.75) is 25.0 Å². The van der Waals surface area contributed by atoms with E-state index in [0.717, 1.165) is 31.0 Å². The smallest absolute Gasteiger partial charge is 0.0992 e. The number of anilines is 1. The summed E-state index contributed by atoms with van der Waals surface area (Å²) in [5.74, 6) is 1.11. The van der Waals surface area contributed by atoms with Crippen LogP contribution >= 0.6 is 23.4 Å². The van der Waals surface area contributed by atoms with Crippen molar-refractivity contribution in [3.63, 3.8) is 0 Å². The first-order valence-electron chi connectivity index (χ1n) is 6.10. The fourth-order valence-electron chi connectivity index (χ4n) is 2.09. The number of nitrogens with zero attached hydrogens (tertiary/aromatic N) is 2. The first kappa shape index (κ1) is 13.6. The van der Waals surface area contributed by atoms with Crippen molar-refractivity contribution >= 4 is 29.1 Å². The van der Waals surface area contributed by atoms with E-state index in [4.69, 9.17) is 16.9 Å². The van der Waals surface area contributed by atoms with Gasteiger partial charge in [0.2, 0.25) is 0 Å². The number of rotatable bonds is 1. The first-order valence-corrected chi connectivity index (χ1v) is 7.47. The van der Waals surface area contributed by atoms with Crippen molar-refractivity contribution in [2.75, 3.05) is 23.7 Å². The van der Waals surface area contributed by atoms with E-state index in [2.05, 4.69) is 24.8 Å². The lowest BCUT2D eigenvalue weighted by Gasteiger charge is -2.25. The monoisotopic (exact) mass is 280 g/mol. The van der Waals surface area contributed by atoms with E-state index in [0.29, 0.717) is 15.3 Å². The molecular weight excluding hydrogens is 264 g/mol. The Kier molecular flexibility index (Phi) is 4.09. The number of thioether (sulfide) groups is 1. The molecule has 18 heavy (non-hydrogen) atoms. The first-order chi connectivity index (χ1) is 8.52. The van der Waals surface area contributed by atoms with E-state index in [9.17, 15) is 0 Å². The predicted octanol–water partition coefficient (Wildman–Crippen LogP) is 3.93. The van der Waals surface area contributed by atoms with Gasteiger partial charge >= 0.3 is 0 Å². The molecule has 1 aromatic carbocycles. The van der Waals surface area contributed by atoms with Gasteiger partial charge in [-0.1, -0.05) is 25.4 Å². The molecule has 0 spiro atoms. The Labute approximate surface area is 118 Å². The van der Waals surface area contributed by atoms with Crippen molar-refractivity contribution in [3.8, 4) is 6.07 Å². The van der Waals surface area contributed by atoms with Gasteiger partial charge in [-0.05, 0) is 24.6 Å². The fraction of sp³-hybridized carbons (Fsp3) is 0.500. The molecule has 0 aliphatic carbocycles. The van der Waals surface area contributed by atoms with Gasteiger partial charge in [-0.2, -0.15) is 17.0 Å². The van der Waals surface area contributed by atoms with Gasteiger partial charge in [0.25, 0.3) is 0 Å². The molecule has 0 bridgehead atoms. The van der Waals surface area contributed by atoms with Gasteiger partial charge in [0, 0.05) is 23.6 Å². The largest absolute Gasteiger partial charge is 0.369 e. The maximum atomic E-state index is 8.85. The molecule has 96 valence electrons. The molecule has 0 N–H and O–H groups in total. The van der Waals surface area contributed by atoms with Gasteiger partial charge in [-0.3, -0.25) is 0 Å². The van der Waals surface area contributed by atoms with Crippen LogP contribution in [0.5, 0.6) is 0 Å². The van der Waals surface area contributed by atoms with Crippen molar-refractivity contribution in [2.24, 2.45) is 0 Å². The highest BCUT2D eigenvalue weighted by Crippen LogP contribution is 2.34. The van der Waals surface area contributed by atoms with E-state index in [-0.39, 0.29) is 0 Å². The molecule has 2 nitrogen and oxygen atoms in total. The zero-order valence-corrected chi connectivity index (χ0v) is 12.3. The van der Waals surface area contributed by atoms with E-state index < -0.39 is 0 Å². The Balaban J connectivity index is 2.19.